The first-order valence-electron chi connectivity index (χ1n) is 22.7. The van der Waals surface area contributed by atoms with E-state index in [0.29, 0.717) is 11.3 Å². The van der Waals surface area contributed by atoms with Crippen LogP contribution in [0.2, 0.25) is 0 Å². The smallest absolute Gasteiger partial charge is 0.103 e. The zero-order valence-corrected chi connectivity index (χ0v) is 34.9. The zero-order valence-electron chi connectivity index (χ0n) is 31.0. The summed E-state index contributed by atoms with van der Waals surface area (Å²) in [5, 5.41) is 1.05. The molecule has 0 amide bonds. The van der Waals surface area contributed by atoms with E-state index in [0.717, 1.165) is 147 Å². The number of hydrogen-bond donors (Lipinski definition) is 0. The lowest BCUT2D eigenvalue weighted by Gasteiger charge is -2.37. The maximum Gasteiger partial charge on any atom is 0.103 e. The van der Waals surface area contributed by atoms with E-state index in [4.69, 9.17) is 34.8 Å². The van der Waals surface area contributed by atoms with E-state index < -0.39 is 6.17 Å². The molecular weight excluding hydrogens is 830 g/mol. The molecule has 0 saturated heterocycles. The van der Waals surface area contributed by atoms with Gasteiger partial charge in [-0.05, 0) is 213 Å². The molecule has 57 heavy (non-hydrogen) atoms. The molecule has 29 atom stereocenters. The summed E-state index contributed by atoms with van der Waals surface area (Å²) in [4.78, 5) is 0.867. The van der Waals surface area contributed by atoms with E-state index in [9.17, 15) is 4.39 Å². The van der Waals surface area contributed by atoms with Crippen LogP contribution >= 0.6 is 50.7 Å². The molecule has 0 heterocycles. The monoisotopic (exact) mass is 902 g/mol. The average Bonchev–Trinajstić information content (AvgIpc) is 3.96. The molecule has 29 unspecified atom stereocenters. The van der Waals surface area contributed by atoms with Crippen LogP contribution in [0, 0.1) is 142 Å². The normalized spacial score (nSPS) is 62.1. The summed E-state index contributed by atoms with van der Waals surface area (Å²) in [5.74, 6) is 21.5. The minimum atomic E-state index is -0.445. The maximum atomic E-state index is 13.6. The molecule has 0 N–H and O–H groups in total. The van der Waals surface area contributed by atoms with E-state index in [1.54, 1.807) is 6.42 Å². The predicted molar refractivity (Wildman–Crippen MR) is 245 cm³/mol. The Kier molecular flexibility index (Phi) is 11.3. The lowest BCUT2D eigenvalue weighted by Crippen LogP contribution is -2.38. The Morgan fingerprint density at radius 3 is 1.16 bits per heavy atom. The van der Waals surface area contributed by atoms with Crippen molar-refractivity contribution >= 4 is 50.7 Å². The summed E-state index contributed by atoms with van der Waals surface area (Å²) in [6.45, 7) is 0. The number of halogens is 5. The van der Waals surface area contributed by atoms with Gasteiger partial charge >= 0.3 is 0 Å². The van der Waals surface area contributed by atoms with E-state index >= 15 is 0 Å². The number of allylic oxidation sites excluding steroid dienone is 8. The summed E-state index contributed by atoms with van der Waals surface area (Å²) in [7, 11) is 0. The van der Waals surface area contributed by atoms with Gasteiger partial charge in [-0.3, -0.25) is 0 Å². The summed E-state index contributed by atoms with van der Waals surface area (Å²) in [6.07, 6.45) is 34.2. The third-order valence-corrected chi connectivity index (χ3v) is 23.7. The van der Waals surface area contributed by atoms with Crippen LogP contribution in [0.3, 0.4) is 0 Å². The molecule has 0 aromatic rings. The predicted octanol–water partition coefficient (Wildman–Crippen LogP) is 14.9. The van der Waals surface area contributed by atoms with Gasteiger partial charge in [-0.15, -0.1) is 34.8 Å². The topological polar surface area (TPSA) is 0 Å². The largest absolute Gasteiger partial charge is 0.247 e. The van der Waals surface area contributed by atoms with Crippen LogP contribution < -0.4 is 0 Å². The SMILES string of the molecule is BrC1CC2CC1C1C3C=CC(C3)C21.C.C.C.C.ClC1C(Cl)C2CC1C1C3C=CC(C3)C21.ClC1CC2CC1C1C3C=CC(C3)C21.FC1CC2CC1C1C3C=CC(C3)C21. The number of rotatable bonds is 0. The minimum absolute atomic E-state index is 0. The standard InChI is InChI=1S/C12H15Br.C12H14Cl2.C12H15Cl.C12H15F.4CH4/c13-10-5-8-4-9(10)12-7-2-1-6(3-7)11(8)12;13-11-7-4-8(12(11)14)10-6-2-1-5(3-6)9(7)10;2*13-10-5-8-4-9(10)12-7-2-1-6(3-7)11(8)12;;;;/h1-2,6-12H,3-5H2;1-2,5-12H,3-4H2;2*1-2,6-12H,3-5H2;4*1H4. The molecule has 12 saturated carbocycles. The van der Waals surface area contributed by atoms with Crippen LogP contribution in [0.1, 0.15) is 100 Å². The van der Waals surface area contributed by atoms with Crippen molar-refractivity contribution in [1.29, 1.82) is 0 Å². The molecular formula is C52H75BrCl3F. The van der Waals surface area contributed by atoms with Gasteiger partial charge in [0.05, 0.1) is 10.8 Å². The molecule has 5 heteroatoms. The van der Waals surface area contributed by atoms with E-state index in [2.05, 4.69) is 64.5 Å². The first-order valence-corrected chi connectivity index (χ1v) is 25.0. The van der Waals surface area contributed by atoms with Gasteiger partial charge in [0.1, 0.15) is 6.17 Å². The fourth-order valence-electron chi connectivity index (χ4n) is 19.7. The first kappa shape index (κ1) is 42.5. The third kappa shape index (κ3) is 5.85. The highest BCUT2D eigenvalue weighted by molar-refractivity contribution is 9.09. The van der Waals surface area contributed by atoms with Gasteiger partial charge in [-0.1, -0.05) is 94.2 Å². The highest BCUT2D eigenvalue weighted by Crippen LogP contribution is 2.70. The summed E-state index contributed by atoms with van der Waals surface area (Å²) >= 11 is 23.1. The van der Waals surface area contributed by atoms with Crippen molar-refractivity contribution in [3.63, 3.8) is 0 Å². The average molecular weight is 905 g/mol. The second-order valence-corrected chi connectivity index (χ2v) is 24.8. The van der Waals surface area contributed by atoms with Gasteiger partial charge in [-0.2, -0.15) is 0 Å². The molecule has 16 aliphatic rings. The fourth-order valence-corrected chi connectivity index (χ4v) is 22.2. The van der Waals surface area contributed by atoms with Crippen molar-refractivity contribution in [2.45, 2.75) is 127 Å². The van der Waals surface area contributed by atoms with Crippen molar-refractivity contribution in [3.8, 4) is 0 Å². The molecule has 16 rings (SSSR count). The molecule has 0 spiro atoms. The van der Waals surface area contributed by atoms with Gasteiger partial charge in [-0.25, -0.2) is 4.39 Å². The van der Waals surface area contributed by atoms with Crippen molar-refractivity contribution in [3.05, 3.63) is 48.6 Å². The van der Waals surface area contributed by atoms with Crippen LogP contribution in [-0.2, 0) is 0 Å². The molecule has 0 aromatic carbocycles. The van der Waals surface area contributed by atoms with Crippen LogP contribution in [0.5, 0.6) is 0 Å². The highest BCUT2D eigenvalue weighted by atomic mass is 79.9. The van der Waals surface area contributed by atoms with Crippen LogP contribution in [0.4, 0.5) is 4.39 Å². The molecule has 0 aliphatic heterocycles. The number of fused-ring (bicyclic) bond motifs is 36. The van der Waals surface area contributed by atoms with Crippen LogP contribution in [0.15, 0.2) is 48.6 Å². The van der Waals surface area contributed by atoms with E-state index in [1.165, 1.54) is 57.8 Å². The Bertz CT molecular complexity index is 1470. The number of hydrogen-bond acceptors (Lipinski definition) is 0. The van der Waals surface area contributed by atoms with E-state index in [1.807, 2.05) is 0 Å². The van der Waals surface area contributed by atoms with Crippen molar-refractivity contribution in [1.82, 2.24) is 0 Å². The van der Waals surface area contributed by atoms with E-state index in [-0.39, 0.29) is 40.5 Å². The molecule has 0 radical (unpaired) electrons. The summed E-state index contributed by atoms with van der Waals surface area (Å²) in [6, 6.07) is 0. The van der Waals surface area contributed by atoms with Crippen molar-refractivity contribution in [2.75, 3.05) is 0 Å². The number of alkyl halides is 5. The minimum Gasteiger partial charge on any atom is -0.247 e. The van der Waals surface area contributed by atoms with Crippen LogP contribution in [-0.4, -0.2) is 27.1 Å². The van der Waals surface area contributed by atoms with Crippen molar-refractivity contribution < 1.29 is 4.39 Å². The lowest BCUT2D eigenvalue weighted by atomic mass is 9.73. The Balaban J connectivity index is 0.0000000966. The summed E-state index contributed by atoms with van der Waals surface area (Å²) in [5.41, 5.74) is 0. The first-order chi connectivity index (χ1) is 25.8. The van der Waals surface area contributed by atoms with Gasteiger partial charge in [0.15, 0.2) is 0 Å². The molecule has 318 valence electrons. The van der Waals surface area contributed by atoms with Gasteiger partial charge < -0.3 is 0 Å². The highest BCUT2D eigenvalue weighted by Gasteiger charge is 2.65. The Morgan fingerprint density at radius 2 is 0.684 bits per heavy atom. The molecule has 0 nitrogen and oxygen atoms in total. The lowest BCUT2D eigenvalue weighted by molar-refractivity contribution is 0.115. The second-order valence-electron chi connectivity index (χ2n) is 22.1. The summed E-state index contributed by atoms with van der Waals surface area (Å²) < 4.78 is 13.6. The maximum absolute atomic E-state index is 13.6. The van der Waals surface area contributed by atoms with Crippen molar-refractivity contribution in [2.24, 2.45) is 142 Å². The van der Waals surface area contributed by atoms with Gasteiger partial charge in [0.2, 0.25) is 0 Å². The second kappa shape index (κ2) is 15.2. The molecule has 12 fully saturated rings. The Morgan fingerprint density at radius 1 is 0.351 bits per heavy atom. The van der Waals surface area contributed by atoms with Gasteiger partial charge in [0, 0.05) is 10.2 Å². The molecule has 0 aromatic heterocycles. The zero-order chi connectivity index (χ0) is 35.2. The Hall–Kier alpha value is 0.240. The quantitative estimate of drug-likeness (QED) is 0.129. The van der Waals surface area contributed by atoms with Gasteiger partial charge in [0.25, 0.3) is 0 Å². The fraction of sp³-hybridized carbons (Fsp3) is 0.846. The molecule has 16 bridgehead atoms. The third-order valence-electron chi connectivity index (χ3n) is 20.8. The van der Waals surface area contributed by atoms with Crippen LogP contribution in [0.25, 0.3) is 0 Å². The molecule has 16 aliphatic carbocycles. The Labute approximate surface area is 370 Å².